The van der Waals surface area contributed by atoms with Crippen LogP contribution in [0.5, 0.6) is 11.5 Å². The first-order valence-corrected chi connectivity index (χ1v) is 7.97. The molecular formula is C20H22N2O3. The number of hydrogen-bond acceptors (Lipinski definition) is 4. The van der Waals surface area contributed by atoms with Gasteiger partial charge in [0.15, 0.2) is 0 Å². The molecule has 0 aromatic heterocycles. The van der Waals surface area contributed by atoms with E-state index in [1.165, 1.54) is 0 Å². The van der Waals surface area contributed by atoms with Crippen molar-refractivity contribution in [3.05, 3.63) is 53.1 Å². The number of nitrogens with one attached hydrogen (secondary N) is 1. The molecule has 0 spiro atoms. The van der Waals surface area contributed by atoms with Gasteiger partial charge >= 0.3 is 0 Å². The van der Waals surface area contributed by atoms with Crippen molar-refractivity contribution < 1.29 is 14.3 Å². The standard InChI is InChI=1S/C20H22N2O3/c1-13-5-7-17(9-14(13)2)22-20(23)16(12-21)10-15-6-8-18(24-3)11-19(15)25-4/h5-9,11,16H,10H2,1-4H3,(H,22,23). The van der Waals surface area contributed by atoms with Crippen molar-refractivity contribution in [2.24, 2.45) is 5.92 Å². The first-order valence-electron chi connectivity index (χ1n) is 7.97. The lowest BCUT2D eigenvalue weighted by Crippen LogP contribution is -2.23. The molecule has 2 rings (SSSR count). The van der Waals surface area contributed by atoms with Gasteiger partial charge in [0.25, 0.3) is 0 Å². The molecule has 1 N–H and O–H groups in total. The fourth-order valence-electron chi connectivity index (χ4n) is 2.49. The normalized spacial score (nSPS) is 11.3. The summed E-state index contributed by atoms with van der Waals surface area (Å²) in [7, 11) is 3.12. The molecule has 5 heteroatoms. The Kier molecular flexibility index (Phi) is 6.02. The van der Waals surface area contributed by atoms with Crippen LogP contribution in [0.15, 0.2) is 36.4 Å². The number of anilines is 1. The van der Waals surface area contributed by atoms with Crippen LogP contribution in [-0.2, 0) is 11.2 Å². The summed E-state index contributed by atoms with van der Waals surface area (Å²) in [5.74, 6) is 0.111. The quantitative estimate of drug-likeness (QED) is 0.873. The monoisotopic (exact) mass is 338 g/mol. The summed E-state index contributed by atoms with van der Waals surface area (Å²) in [5.41, 5.74) is 3.71. The second-order valence-corrected chi connectivity index (χ2v) is 5.85. The van der Waals surface area contributed by atoms with E-state index >= 15 is 0 Å². The Labute approximate surface area is 148 Å². The van der Waals surface area contributed by atoms with E-state index in [0.717, 1.165) is 16.7 Å². The third-order valence-electron chi connectivity index (χ3n) is 4.17. The smallest absolute Gasteiger partial charge is 0.242 e. The first kappa shape index (κ1) is 18.3. The minimum Gasteiger partial charge on any atom is -0.497 e. The van der Waals surface area contributed by atoms with Crippen molar-refractivity contribution in [2.75, 3.05) is 19.5 Å². The van der Waals surface area contributed by atoms with Crippen molar-refractivity contribution in [1.82, 2.24) is 0 Å². The van der Waals surface area contributed by atoms with E-state index in [0.29, 0.717) is 17.2 Å². The SMILES string of the molecule is COc1ccc(CC(C#N)C(=O)Nc2ccc(C)c(C)c2)c(OC)c1. The Morgan fingerprint density at radius 2 is 1.88 bits per heavy atom. The average molecular weight is 338 g/mol. The van der Waals surface area contributed by atoms with Gasteiger partial charge in [0.2, 0.25) is 5.91 Å². The number of amides is 1. The number of carbonyl (C=O) groups excluding carboxylic acids is 1. The van der Waals surface area contributed by atoms with Crippen LogP contribution in [-0.4, -0.2) is 20.1 Å². The van der Waals surface area contributed by atoms with Crippen LogP contribution >= 0.6 is 0 Å². The second-order valence-electron chi connectivity index (χ2n) is 5.85. The Morgan fingerprint density at radius 3 is 2.48 bits per heavy atom. The van der Waals surface area contributed by atoms with Crippen LogP contribution < -0.4 is 14.8 Å². The van der Waals surface area contributed by atoms with Crippen LogP contribution in [0.25, 0.3) is 0 Å². The minimum atomic E-state index is -0.816. The molecule has 1 unspecified atom stereocenters. The van der Waals surface area contributed by atoms with Crippen molar-refractivity contribution in [3.8, 4) is 17.6 Å². The van der Waals surface area contributed by atoms with E-state index < -0.39 is 5.92 Å². The Hall–Kier alpha value is -3.00. The highest BCUT2D eigenvalue weighted by Crippen LogP contribution is 2.27. The molecule has 1 atom stereocenters. The number of benzene rings is 2. The zero-order valence-electron chi connectivity index (χ0n) is 14.9. The fourth-order valence-corrected chi connectivity index (χ4v) is 2.49. The molecule has 0 saturated carbocycles. The van der Waals surface area contributed by atoms with Gasteiger partial charge in [-0.05, 0) is 48.7 Å². The predicted octanol–water partition coefficient (Wildman–Crippen LogP) is 3.64. The molecule has 0 fully saturated rings. The number of rotatable bonds is 6. The lowest BCUT2D eigenvalue weighted by molar-refractivity contribution is -0.118. The maximum absolute atomic E-state index is 12.5. The molecule has 2 aromatic rings. The molecule has 0 aliphatic heterocycles. The van der Waals surface area contributed by atoms with Gasteiger partial charge < -0.3 is 14.8 Å². The third-order valence-corrected chi connectivity index (χ3v) is 4.17. The largest absolute Gasteiger partial charge is 0.497 e. The number of carbonyl (C=O) groups is 1. The molecule has 25 heavy (non-hydrogen) atoms. The molecule has 1 amide bonds. The van der Waals surface area contributed by atoms with Crippen molar-refractivity contribution >= 4 is 11.6 Å². The Balaban J connectivity index is 2.15. The molecular weight excluding hydrogens is 316 g/mol. The van der Waals surface area contributed by atoms with Gasteiger partial charge in [-0.15, -0.1) is 0 Å². The van der Waals surface area contributed by atoms with Crippen molar-refractivity contribution in [2.45, 2.75) is 20.3 Å². The summed E-state index contributed by atoms with van der Waals surface area (Å²) in [6.45, 7) is 3.99. The second kappa shape index (κ2) is 8.20. The summed E-state index contributed by atoms with van der Waals surface area (Å²) < 4.78 is 10.5. The topological polar surface area (TPSA) is 71.3 Å². The van der Waals surface area contributed by atoms with E-state index in [1.54, 1.807) is 26.4 Å². The Bertz CT molecular complexity index is 809. The van der Waals surface area contributed by atoms with Gasteiger partial charge in [-0.2, -0.15) is 5.26 Å². The van der Waals surface area contributed by atoms with Crippen LogP contribution in [0.4, 0.5) is 5.69 Å². The summed E-state index contributed by atoms with van der Waals surface area (Å²) in [6.07, 6.45) is 0.264. The molecule has 0 bridgehead atoms. The van der Waals surface area contributed by atoms with Gasteiger partial charge in [-0.25, -0.2) is 0 Å². The average Bonchev–Trinajstić information content (AvgIpc) is 2.62. The number of nitrogens with zero attached hydrogens (tertiary/aromatic N) is 1. The summed E-state index contributed by atoms with van der Waals surface area (Å²) >= 11 is 0. The molecule has 0 aliphatic rings. The summed E-state index contributed by atoms with van der Waals surface area (Å²) in [6, 6.07) is 13.1. The third kappa shape index (κ3) is 4.51. The van der Waals surface area contributed by atoms with Gasteiger partial charge in [-0.1, -0.05) is 12.1 Å². The van der Waals surface area contributed by atoms with E-state index in [4.69, 9.17) is 9.47 Å². The summed E-state index contributed by atoms with van der Waals surface area (Å²) in [4.78, 5) is 12.5. The highest BCUT2D eigenvalue weighted by Gasteiger charge is 2.21. The molecule has 0 aliphatic carbocycles. The number of ether oxygens (including phenoxy) is 2. The maximum atomic E-state index is 12.5. The molecule has 5 nitrogen and oxygen atoms in total. The zero-order chi connectivity index (χ0) is 18.4. The van der Waals surface area contributed by atoms with Crippen molar-refractivity contribution in [3.63, 3.8) is 0 Å². The fraction of sp³-hybridized carbons (Fsp3) is 0.300. The van der Waals surface area contributed by atoms with Gasteiger partial charge in [0.05, 0.1) is 20.3 Å². The molecule has 2 aromatic carbocycles. The molecule has 130 valence electrons. The van der Waals surface area contributed by atoms with Crippen molar-refractivity contribution in [1.29, 1.82) is 5.26 Å². The van der Waals surface area contributed by atoms with Gasteiger partial charge in [-0.3, -0.25) is 4.79 Å². The molecule has 0 radical (unpaired) electrons. The van der Waals surface area contributed by atoms with Crippen LogP contribution in [0.1, 0.15) is 16.7 Å². The van der Waals surface area contributed by atoms with E-state index in [9.17, 15) is 10.1 Å². The Morgan fingerprint density at radius 1 is 1.12 bits per heavy atom. The first-order chi connectivity index (χ1) is 12.0. The van der Waals surface area contributed by atoms with E-state index in [2.05, 4.69) is 11.4 Å². The maximum Gasteiger partial charge on any atom is 0.242 e. The number of aryl methyl sites for hydroxylation is 2. The van der Waals surface area contributed by atoms with Crippen LogP contribution in [0, 0.1) is 31.1 Å². The van der Waals surface area contributed by atoms with Crippen LogP contribution in [0.3, 0.4) is 0 Å². The van der Waals surface area contributed by atoms with Gasteiger partial charge in [0.1, 0.15) is 17.4 Å². The minimum absolute atomic E-state index is 0.264. The molecule has 0 saturated heterocycles. The van der Waals surface area contributed by atoms with Gasteiger partial charge in [0, 0.05) is 18.2 Å². The number of hydrogen-bond donors (Lipinski definition) is 1. The van der Waals surface area contributed by atoms with E-state index in [-0.39, 0.29) is 12.3 Å². The highest BCUT2D eigenvalue weighted by molar-refractivity contribution is 5.94. The highest BCUT2D eigenvalue weighted by atomic mass is 16.5. The lowest BCUT2D eigenvalue weighted by Gasteiger charge is -2.14. The summed E-state index contributed by atoms with van der Waals surface area (Å²) in [5, 5.41) is 12.2. The number of methoxy groups -OCH3 is 2. The lowest BCUT2D eigenvalue weighted by atomic mass is 9.98. The predicted molar refractivity (Wildman–Crippen MR) is 96.9 cm³/mol. The molecule has 0 heterocycles. The zero-order valence-corrected chi connectivity index (χ0v) is 14.9. The number of nitriles is 1. The van der Waals surface area contributed by atoms with E-state index in [1.807, 2.05) is 38.1 Å². The van der Waals surface area contributed by atoms with Crippen LogP contribution in [0.2, 0.25) is 0 Å².